The Balaban J connectivity index is 1.70. The molecule has 0 amide bonds. The topological polar surface area (TPSA) is 87.7 Å². The minimum atomic E-state index is -4.54. The Hall–Kier alpha value is -3.55. The number of benzene rings is 2. The summed E-state index contributed by atoms with van der Waals surface area (Å²) >= 11 is 5.72. The number of pyridine rings is 1. The average Bonchev–Trinajstić information content (AvgIpc) is 3.19. The van der Waals surface area contributed by atoms with Crippen LogP contribution in [-0.2, 0) is 10.0 Å². The third-order valence-corrected chi connectivity index (χ3v) is 5.76. The highest BCUT2D eigenvalue weighted by Crippen LogP contribution is 2.26. The lowest BCUT2D eigenvalue weighted by Gasteiger charge is -2.11. The van der Waals surface area contributed by atoms with Crippen molar-refractivity contribution >= 4 is 38.3 Å². The Morgan fingerprint density at radius 3 is 2.58 bits per heavy atom. The first-order chi connectivity index (χ1) is 14.7. The maximum atomic E-state index is 14.8. The van der Waals surface area contributed by atoms with Crippen LogP contribution in [0.4, 0.5) is 18.9 Å². The Bertz CT molecular complexity index is 1490. The van der Waals surface area contributed by atoms with Crippen molar-refractivity contribution in [2.75, 3.05) is 4.72 Å². The summed E-state index contributed by atoms with van der Waals surface area (Å²) in [6.07, 6.45) is 2.90. The van der Waals surface area contributed by atoms with E-state index in [1.54, 1.807) is 6.07 Å². The highest BCUT2D eigenvalue weighted by atomic mass is 35.5. The number of sulfonamides is 1. The molecule has 156 valence electrons. The van der Waals surface area contributed by atoms with E-state index < -0.39 is 43.6 Å². The quantitative estimate of drug-likeness (QED) is 0.446. The number of fused-ring (bicyclic) bond motifs is 1. The fourth-order valence-corrected chi connectivity index (χ4v) is 4.07. The molecule has 0 unspecified atom stereocenters. The van der Waals surface area contributed by atoms with Crippen molar-refractivity contribution in [1.29, 1.82) is 0 Å². The molecule has 4 rings (SSSR count). The van der Waals surface area contributed by atoms with Gasteiger partial charge in [-0.05, 0) is 36.4 Å². The van der Waals surface area contributed by atoms with Gasteiger partial charge in [-0.25, -0.2) is 26.6 Å². The monoisotopic (exact) mass is 462 g/mol. The number of nitrogens with zero attached hydrogens (tertiary/aromatic N) is 2. The van der Waals surface area contributed by atoms with Crippen molar-refractivity contribution in [1.82, 2.24) is 15.2 Å². The van der Waals surface area contributed by atoms with E-state index in [-0.39, 0.29) is 5.02 Å². The third-order valence-electron chi connectivity index (χ3n) is 4.14. The minimum absolute atomic E-state index is 0.0314. The number of aromatic amines is 1. The minimum Gasteiger partial charge on any atom is -0.277 e. The van der Waals surface area contributed by atoms with Crippen molar-refractivity contribution in [2.45, 2.75) is 4.90 Å². The van der Waals surface area contributed by atoms with Gasteiger partial charge in [0.25, 0.3) is 10.0 Å². The van der Waals surface area contributed by atoms with Gasteiger partial charge in [-0.1, -0.05) is 23.4 Å². The molecule has 0 radical (unpaired) electrons. The van der Waals surface area contributed by atoms with Gasteiger partial charge in [-0.15, -0.1) is 0 Å². The number of rotatable bonds is 3. The van der Waals surface area contributed by atoms with Crippen LogP contribution in [0.15, 0.2) is 53.7 Å². The van der Waals surface area contributed by atoms with E-state index in [1.807, 2.05) is 4.72 Å². The van der Waals surface area contributed by atoms with Crippen LogP contribution < -0.4 is 4.72 Å². The summed E-state index contributed by atoms with van der Waals surface area (Å²) in [5.74, 6) is 1.58. The van der Waals surface area contributed by atoms with Gasteiger partial charge in [-0.2, -0.15) is 5.10 Å². The average molecular weight is 463 g/mol. The molecular formula is C20H10ClF3N4O2S. The zero-order valence-electron chi connectivity index (χ0n) is 15.2. The molecule has 6 nitrogen and oxygen atoms in total. The van der Waals surface area contributed by atoms with Crippen LogP contribution in [-0.4, -0.2) is 23.6 Å². The molecule has 2 aromatic carbocycles. The molecule has 0 atom stereocenters. The molecule has 0 fully saturated rings. The van der Waals surface area contributed by atoms with Crippen LogP contribution in [0, 0.1) is 29.3 Å². The van der Waals surface area contributed by atoms with Crippen molar-refractivity contribution < 1.29 is 21.6 Å². The van der Waals surface area contributed by atoms with Gasteiger partial charge in [-0.3, -0.25) is 9.82 Å². The largest absolute Gasteiger partial charge is 0.277 e. The molecule has 4 aromatic rings. The molecule has 0 aliphatic carbocycles. The summed E-state index contributed by atoms with van der Waals surface area (Å²) in [6, 6.07) is 6.23. The molecule has 0 aliphatic rings. The second-order valence-electron chi connectivity index (χ2n) is 6.25. The first kappa shape index (κ1) is 20.7. The Morgan fingerprint density at radius 1 is 1.00 bits per heavy atom. The van der Waals surface area contributed by atoms with E-state index in [4.69, 9.17) is 11.6 Å². The Kier molecular flexibility index (Phi) is 5.31. The number of nitrogens with one attached hydrogen (secondary N) is 2. The lowest BCUT2D eigenvalue weighted by atomic mass is 10.1. The van der Waals surface area contributed by atoms with E-state index in [0.717, 1.165) is 30.3 Å². The van der Waals surface area contributed by atoms with Gasteiger partial charge < -0.3 is 0 Å². The molecule has 0 saturated heterocycles. The maximum absolute atomic E-state index is 14.8. The Morgan fingerprint density at radius 2 is 1.77 bits per heavy atom. The molecule has 2 N–H and O–H groups in total. The second-order valence-corrected chi connectivity index (χ2v) is 8.33. The number of halogens is 4. The number of aromatic nitrogens is 3. The standard InChI is InChI=1S/C20H10ClF3N4O2S/c21-13-2-4-16(23)18(8-13)31(29,30)28-17-6-5-15(22)14(19(17)24)3-1-11-7-12-10-26-27-20(12)25-9-11/h2,4-10,28H,(H,25,26,27). The number of H-pyrrole nitrogens is 1. The highest BCUT2D eigenvalue weighted by Gasteiger charge is 2.23. The van der Waals surface area contributed by atoms with Gasteiger partial charge in [0.2, 0.25) is 0 Å². The van der Waals surface area contributed by atoms with E-state index in [9.17, 15) is 21.6 Å². The van der Waals surface area contributed by atoms with Gasteiger partial charge in [0.1, 0.15) is 16.5 Å². The van der Waals surface area contributed by atoms with Gasteiger partial charge in [0.05, 0.1) is 17.4 Å². The SMILES string of the molecule is O=S(=O)(Nc1ccc(F)c(C#Cc2cnc3[nH]ncc3c2)c1F)c1cc(Cl)ccc1F. The van der Waals surface area contributed by atoms with Crippen molar-refractivity contribution in [3.63, 3.8) is 0 Å². The van der Waals surface area contributed by atoms with Crippen molar-refractivity contribution in [2.24, 2.45) is 0 Å². The fourth-order valence-electron chi connectivity index (χ4n) is 2.67. The third kappa shape index (κ3) is 4.19. The van der Waals surface area contributed by atoms with E-state index in [2.05, 4.69) is 27.0 Å². The summed E-state index contributed by atoms with van der Waals surface area (Å²) in [5.41, 5.74) is -0.389. The highest BCUT2D eigenvalue weighted by molar-refractivity contribution is 7.92. The molecule has 2 aromatic heterocycles. The molecule has 31 heavy (non-hydrogen) atoms. The first-order valence-electron chi connectivity index (χ1n) is 8.51. The second kappa shape index (κ2) is 7.94. The number of anilines is 1. The lowest BCUT2D eigenvalue weighted by Crippen LogP contribution is -2.16. The molecule has 0 spiro atoms. The molecule has 0 bridgehead atoms. The van der Waals surface area contributed by atoms with E-state index in [0.29, 0.717) is 16.6 Å². The lowest BCUT2D eigenvalue weighted by molar-refractivity contribution is 0.567. The molecule has 0 aliphatic heterocycles. The van der Waals surface area contributed by atoms with Crippen LogP contribution >= 0.6 is 11.6 Å². The molecule has 2 heterocycles. The zero-order chi connectivity index (χ0) is 22.2. The predicted molar refractivity (Wildman–Crippen MR) is 108 cm³/mol. The van der Waals surface area contributed by atoms with Crippen LogP contribution in [0.25, 0.3) is 11.0 Å². The Labute approximate surface area is 179 Å². The molecular weight excluding hydrogens is 453 g/mol. The van der Waals surface area contributed by atoms with E-state index in [1.165, 1.54) is 12.4 Å². The number of hydrogen-bond donors (Lipinski definition) is 2. The first-order valence-corrected chi connectivity index (χ1v) is 10.4. The smallest absolute Gasteiger partial charge is 0.264 e. The summed E-state index contributed by atoms with van der Waals surface area (Å²) in [7, 11) is -4.54. The summed E-state index contributed by atoms with van der Waals surface area (Å²) < 4.78 is 69.8. The van der Waals surface area contributed by atoms with Crippen molar-refractivity contribution in [3.05, 3.63) is 82.4 Å². The normalized spacial score (nSPS) is 11.2. The van der Waals surface area contributed by atoms with Gasteiger partial charge >= 0.3 is 0 Å². The van der Waals surface area contributed by atoms with Crippen LogP contribution in [0.1, 0.15) is 11.1 Å². The van der Waals surface area contributed by atoms with Gasteiger partial charge in [0, 0.05) is 22.2 Å². The zero-order valence-corrected chi connectivity index (χ0v) is 16.8. The predicted octanol–water partition coefficient (Wildman–Crippen LogP) is 4.23. The maximum Gasteiger partial charge on any atom is 0.264 e. The summed E-state index contributed by atoms with van der Waals surface area (Å²) in [4.78, 5) is 3.29. The van der Waals surface area contributed by atoms with Crippen LogP contribution in [0.5, 0.6) is 0 Å². The molecule has 11 heteroatoms. The van der Waals surface area contributed by atoms with Crippen molar-refractivity contribution in [3.8, 4) is 11.8 Å². The van der Waals surface area contributed by atoms with Crippen LogP contribution in [0.3, 0.4) is 0 Å². The van der Waals surface area contributed by atoms with E-state index >= 15 is 0 Å². The van der Waals surface area contributed by atoms with Crippen LogP contribution in [0.2, 0.25) is 5.02 Å². The summed E-state index contributed by atoms with van der Waals surface area (Å²) in [5, 5.41) is 7.09. The summed E-state index contributed by atoms with van der Waals surface area (Å²) in [6.45, 7) is 0. The molecule has 0 saturated carbocycles. The fraction of sp³-hybridized carbons (Fsp3) is 0. The number of hydrogen-bond acceptors (Lipinski definition) is 4. The van der Waals surface area contributed by atoms with Gasteiger partial charge in [0.15, 0.2) is 11.5 Å².